The van der Waals surface area contributed by atoms with Gasteiger partial charge in [0.1, 0.15) is 5.78 Å². The van der Waals surface area contributed by atoms with E-state index < -0.39 is 0 Å². The van der Waals surface area contributed by atoms with Gasteiger partial charge in [0.2, 0.25) is 0 Å². The third kappa shape index (κ3) is 3.21. The molecule has 0 aromatic rings. The molecular formula is C25H40O3. The second kappa shape index (κ2) is 7.54. The van der Waals surface area contributed by atoms with Crippen LogP contribution >= 0.6 is 0 Å². The lowest BCUT2D eigenvalue weighted by Crippen LogP contribution is -2.51. The molecule has 0 amide bonds. The molecular weight excluding hydrogens is 348 g/mol. The van der Waals surface area contributed by atoms with Crippen LogP contribution in [0, 0.1) is 34.5 Å². The standard InChI is InChI=1S/C25H40O3/c1-6-27-17(3)28-19-11-13-24(4)18(15-19)7-8-20-22-10-9-21(16(2)26)25(22,5)14-12-23(20)24/h7,17,19-23H,6,8-15H2,1-5H3/t17?,19-,20-,21+,22-,23-,24-,25+/m0/s1. The van der Waals surface area contributed by atoms with E-state index in [0.29, 0.717) is 29.8 Å². The Bertz CT molecular complexity index is 640. The van der Waals surface area contributed by atoms with E-state index in [1.165, 1.54) is 32.1 Å². The maximum atomic E-state index is 12.3. The van der Waals surface area contributed by atoms with Crippen LogP contribution in [0.25, 0.3) is 0 Å². The molecule has 0 radical (unpaired) electrons. The zero-order valence-electron chi connectivity index (χ0n) is 18.6. The van der Waals surface area contributed by atoms with Crippen LogP contribution in [-0.2, 0) is 14.3 Å². The molecule has 28 heavy (non-hydrogen) atoms. The fourth-order valence-corrected chi connectivity index (χ4v) is 7.96. The highest BCUT2D eigenvalue weighted by Crippen LogP contribution is 2.66. The molecule has 0 N–H and O–H groups in total. The van der Waals surface area contributed by atoms with Crippen molar-refractivity contribution < 1.29 is 14.3 Å². The zero-order chi connectivity index (χ0) is 20.1. The summed E-state index contributed by atoms with van der Waals surface area (Å²) in [6.07, 6.45) is 12.4. The van der Waals surface area contributed by atoms with Gasteiger partial charge < -0.3 is 9.47 Å². The minimum absolute atomic E-state index is 0.103. The quantitative estimate of drug-likeness (QED) is 0.433. The van der Waals surface area contributed by atoms with Gasteiger partial charge in [-0.15, -0.1) is 0 Å². The maximum absolute atomic E-state index is 12.3. The van der Waals surface area contributed by atoms with Gasteiger partial charge in [-0.25, -0.2) is 0 Å². The highest BCUT2D eigenvalue weighted by Gasteiger charge is 2.59. The number of hydrogen-bond donors (Lipinski definition) is 0. The van der Waals surface area contributed by atoms with Gasteiger partial charge in [0.15, 0.2) is 6.29 Å². The number of rotatable bonds is 5. The fraction of sp³-hybridized carbons (Fsp3) is 0.880. The molecule has 4 aliphatic carbocycles. The van der Waals surface area contributed by atoms with Gasteiger partial charge in [0.05, 0.1) is 6.10 Å². The molecule has 0 bridgehead atoms. The highest BCUT2D eigenvalue weighted by atomic mass is 16.7. The molecule has 0 aliphatic heterocycles. The number of ketones is 1. The number of carbonyl (C=O) groups is 1. The van der Waals surface area contributed by atoms with Crippen molar-refractivity contribution in [3.8, 4) is 0 Å². The zero-order valence-corrected chi connectivity index (χ0v) is 18.6. The Morgan fingerprint density at radius 1 is 1.18 bits per heavy atom. The number of Topliss-reactive ketones (excluding diaryl/α,β-unsaturated/α-hetero) is 1. The number of allylic oxidation sites excluding steroid dienone is 1. The largest absolute Gasteiger partial charge is 0.353 e. The molecule has 3 heteroatoms. The Kier molecular flexibility index (Phi) is 5.55. The van der Waals surface area contributed by atoms with E-state index in [1.807, 2.05) is 20.8 Å². The van der Waals surface area contributed by atoms with Crippen molar-refractivity contribution in [2.24, 2.45) is 34.5 Å². The summed E-state index contributed by atoms with van der Waals surface area (Å²) < 4.78 is 11.8. The Balaban J connectivity index is 1.51. The lowest BCUT2D eigenvalue weighted by molar-refractivity contribution is -0.167. The molecule has 0 aromatic carbocycles. The van der Waals surface area contributed by atoms with Crippen LogP contribution in [-0.4, -0.2) is 24.8 Å². The molecule has 0 aromatic heterocycles. The second-order valence-electron chi connectivity index (χ2n) is 10.6. The summed E-state index contributed by atoms with van der Waals surface area (Å²) in [5.41, 5.74) is 2.24. The maximum Gasteiger partial charge on any atom is 0.155 e. The average molecular weight is 389 g/mol. The third-order valence-electron chi connectivity index (χ3n) is 9.33. The molecule has 0 saturated heterocycles. The van der Waals surface area contributed by atoms with Crippen molar-refractivity contribution in [3.63, 3.8) is 0 Å². The SMILES string of the molecule is CCOC(C)O[C@H]1CC[C@@]2(C)C(=CC[C@H]3[C@@H]4CC[C@H](C(C)=O)[C@@]4(C)CC[C@@H]32)C1. The summed E-state index contributed by atoms with van der Waals surface area (Å²) in [4.78, 5) is 12.3. The highest BCUT2D eigenvalue weighted by molar-refractivity contribution is 5.79. The average Bonchev–Trinajstić information content (AvgIpc) is 2.99. The molecule has 0 spiro atoms. The Morgan fingerprint density at radius 3 is 2.68 bits per heavy atom. The van der Waals surface area contributed by atoms with Gasteiger partial charge >= 0.3 is 0 Å². The van der Waals surface area contributed by atoms with Gasteiger partial charge in [-0.05, 0) is 101 Å². The Labute approximate surface area is 171 Å². The molecule has 158 valence electrons. The number of fused-ring (bicyclic) bond motifs is 5. The smallest absolute Gasteiger partial charge is 0.155 e. The monoisotopic (exact) mass is 388 g/mol. The normalized spacial score (nSPS) is 46.2. The predicted octanol–water partition coefficient (Wildman–Crippen LogP) is 5.92. The van der Waals surface area contributed by atoms with Crippen molar-refractivity contribution in [1.29, 1.82) is 0 Å². The molecule has 3 saturated carbocycles. The van der Waals surface area contributed by atoms with Gasteiger partial charge in [0, 0.05) is 12.5 Å². The molecule has 0 heterocycles. The van der Waals surface area contributed by atoms with Crippen LogP contribution in [0.1, 0.15) is 86.0 Å². The minimum Gasteiger partial charge on any atom is -0.353 e. The van der Waals surface area contributed by atoms with Crippen molar-refractivity contribution in [1.82, 2.24) is 0 Å². The molecule has 4 rings (SSSR count). The lowest BCUT2D eigenvalue weighted by Gasteiger charge is -2.58. The van der Waals surface area contributed by atoms with E-state index in [4.69, 9.17) is 9.47 Å². The van der Waals surface area contributed by atoms with E-state index in [-0.39, 0.29) is 11.7 Å². The summed E-state index contributed by atoms with van der Waals surface area (Å²) in [6.45, 7) is 11.6. The van der Waals surface area contributed by atoms with Gasteiger partial charge in [-0.3, -0.25) is 4.79 Å². The van der Waals surface area contributed by atoms with E-state index in [2.05, 4.69) is 19.9 Å². The van der Waals surface area contributed by atoms with E-state index >= 15 is 0 Å². The number of hydrogen-bond acceptors (Lipinski definition) is 3. The molecule has 4 aliphatic rings. The molecule has 1 unspecified atom stereocenters. The summed E-state index contributed by atoms with van der Waals surface area (Å²) in [5, 5.41) is 0. The van der Waals surface area contributed by atoms with Gasteiger partial charge in [-0.1, -0.05) is 25.5 Å². The predicted molar refractivity (Wildman–Crippen MR) is 112 cm³/mol. The van der Waals surface area contributed by atoms with Crippen molar-refractivity contribution in [2.75, 3.05) is 6.61 Å². The molecule has 8 atom stereocenters. The first-order chi connectivity index (χ1) is 13.3. The van der Waals surface area contributed by atoms with Gasteiger partial charge in [0.25, 0.3) is 0 Å². The van der Waals surface area contributed by atoms with Crippen LogP contribution in [0.2, 0.25) is 0 Å². The van der Waals surface area contributed by atoms with E-state index in [0.717, 1.165) is 37.0 Å². The van der Waals surface area contributed by atoms with Crippen LogP contribution in [0.3, 0.4) is 0 Å². The van der Waals surface area contributed by atoms with Crippen molar-refractivity contribution in [3.05, 3.63) is 11.6 Å². The van der Waals surface area contributed by atoms with Crippen LogP contribution in [0.15, 0.2) is 11.6 Å². The lowest BCUT2D eigenvalue weighted by atomic mass is 9.47. The first-order valence-corrected chi connectivity index (χ1v) is 11.8. The van der Waals surface area contributed by atoms with E-state index in [1.54, 1.807) is 5.57 Å². The van der Waals surface area contributed by atoms with Crippen LogP contribution in [0.4, 0.5) is 0 Å². The number of carbonyl (C=O) groups excluding carboxylic acids is 1. The van der Waals surface area contributed by atoms with Crippen LogP contribution in [0.5, 0.6) is 0 Å². The summed E-state index contributed by atoms with van der Waals surface area (Å²) in [7, 11) is 0. The fourth-order valence-electron chi connectivity index (χ4n) is 7.96. The number of ether oxygens (including phenoxy) is 2. The van der Waals surface area contributed by atoms with Crippen LogP contribution < -0.4 is 0 Å². The Hall–Kier alpha value is -0.670. The third-order valence-corrected chi connectivity index (χ3v) is 9.33. The van der Waals surface area contributed by atoms with Crippen molar-refractivity contribution in [2.45, 2.75) is 98.4 Å². The first kappa shape index (κ1) is 20.6. The summed E-state index contributed by atoms with van der Waals surface area (Å²) in [5.74, 6) is 3.04. The van der Waals surface area contributed by atoms with Crippen molar-refractivity contribution >= 4 is 5.78 Å². The Morgan fingerprint density at radius 2 is 1.96 bits per heavy atom. The molecule has 3 nitrogen and oxygen atoms in total. The summed E-state index contributed by atoms with van der Waals surface area (Å²) >= 11 is 0. The topological polar surface area (TPSA) is 35.5 Å². The second-order valence-corrected chi connectivity index (χ2v) is 10.6. The first-order valence-electron chi connectivity index (χ1n) is 11.8. The summed E-state index contributed by atoms with van der Waals surface area (Å²) in [6, 6.07) is 0. The minimum atomic E-state index is -0.103. The molecule has 3 fully saturated rings. The van der Waals surface area contributed by atoms with E-state index in [9.17, 15) is 4.79 Å². The van der Waals surface area contributed by atoms with Gasteiger partial charge in [-0.2, -0.15) is 0 Å².